The highest BCUT2D eigenvalue weighted by Crippen LogP contribution is 2.34. The van der Waals surface area contributed by atoms with Crippen molar-refractivity contribution >= 4 is 0 Å². The molecule has 2 heteroatoms. The van der Waals surface area contributed by atoms with Gasteiger partial charge in [-0.1, -0.05) is 34.6 Å². The summed E-state index contributed by atoms with van der Waals surface area (Å²) in [4.78, 5) is 2.63. The Morgan fingerprint density at radius 3 is 2.22 bits per heavy atom. The van der Waals surface area contributed by atoms with Gasteiger partial charge in [0.1, 0.15) is 0 Å². The van der Waals surface area contributed by atoms with Crippen LogP contribution >= 0.6 is 0 Å². The van der Waals surface area contributed by atoms with Crippen LogP contribution in [-0.4, -0.2) is 30.6 Å². The first kappa shape index (κ1) is 16.0. The first-order valence-corrected chi connectivity index (χ1v) is 7.61. The van der Waals surface area contributed by atoms with E-state index in [0.717, 1.165) is 12.5 Å². The number of nitrogens with two attached hydrogens (primary N) is 1. The third-order valence-corrected chi connectivity index (χ3v) is 4.91. The molecule has 108 valence electrons. The standard InChI is InChI=1S/C16H34N2/c1-13(17)16(5,6)12-18-10-7-8-14(9-11-18)15(2,3)4/h13-14H,7-12,17H2,1-6H3. The van der Waals surface area contributed by atoms with Crippen molar-refractivity contribution in [2.75, 3.05) is 19.6 Å². The summed E-state index contributed by atoms with van der Waals surface area (Å²) in [6.07, 6.45) is 4.08. The van der Waals surface area contributed by atoms with Crippen LogP contribution in [0.5, 0.6) is 0 Å². The van der Waals surface area contributed by atoms with E-state index in [4.69, 9.17) is 5.73 Å². The van der Waals surface area contributed by atoms with Gasteiger partial charge in [-0.2, -0.15) is 0 Å². The minimum Gasteiger partial charge on any atom is -0.327 e. The van der Waals surface area contributed by atoms with E-state index in [1.807, 2.05) is 0 Å². The van der Waals surface area contributed by atoms with Crippen LogP contribution in [0.4, 0.5) is 0 Å². The van der Waals surface area contributed by atoms with Gasteiger partial charge >= 0.3 is 0 Å². The van der Waals surface area contributed by atoms with E-state index in [2.05, 4.69) is 46.4 Å². The monoisotopic (exact) mass is 254 g/mol. The van der Waals surface area contributed by atoms with Crippen molar-refractivity contribution < 1.29 is 0 Å². The lowest BCUT2D eigenvalue weighted by atomic mass is 9.77. The summed E-state index contributed by atoms with van der Waals surface area (Å²) in [5, 5.41) is 0. The van der Waals surface area contributed by atoms with Crippen molar-refractivity contribution in [3.8, 4) is 0 Å². The van der Waals surface area contributed by atoms with E-state index in [1.54, 1.807) is 0 Å². The Kier molecular flexibility index (Phi) is 5.25. The predicted octanol–water partition coefficient (Wildman–Crippen LogP) is 3.51. The average Bonchev–Trinajstić information content (AvgIpc) is 2.41. The molecule has 0 amide bonds. The van der Waals surface area contributed by atoms with Crippen LogP contribution in [0.2, 0.25) is 0 Å². The molecule has 2 atom stereocenters. The fourth-order valence-corrected chi connectivity index (χ4v) is 2.90. The van der Waals surface area contributed by atoms with Crippen molar-refractivity contribution in [1.29, 1.82) is 0 Å². The second kappa shape index (κ2) is 5.92. The Bertz CT molecular complexity index is 250. The molecule has 1 saturated heterocycles. The maximum absolute atomic E-state index is 6.10. The zero-order valence-corrected chi connectivity index (χ0v) is 13.4. The Labute approximate surface area is 114 Å². The maximum Gasteiger partial charge on any atom is 0.00739 e. The molecule has 1 aliphatic heterocycles. The summed E-state index contributed by atoms with van der Waals surface area (Å²) < 4.78 is 0. The fourth-order valence-electron chi connectivity index (χ4n) is 2.90. The van der Waals surface area contributed by atoms with Crippen molar-refractivity contribution in [3.05, 3.63) is 0 Å². The normalized spacial score (nSPS) is 25.8. The second-order valence-corrected chi connectivity index (χ2v) is 8.05. The van der Waals surface area contributed by atoms with E-state index in [-0.39, 0.29) is 11.5 Å². The van der Waals surface area contributed by atoms with E-state index in [0.29, 0.717) is 5.41 Å². The summed E-state index contributed by atoms with van der Waals surface area (Å²) in [5.74, 6) is 0.876. The van der Waals surface area contributed by atoms with Crippen molar-refractivity contribution in [1.82, 2.24) is 4.90 Å². The molecule has 1 fully saturated rings. The molecule has 0 spiro atoms. The molecule has 0 saturated carbocycles. The molecule has 0 aliphatic carbocycles. The fraction of sp³-hybridized carbons (Fsp3) is 1.00. The van der Waals surface area contributed by atoms with Crippen LogP contribution < -0.4 is 5.73 Å². The van der Waals surface area contributed by atoms with Crippen LogP contribution in [0.1, 0.15) is 60.8 Å². The largest absolute Gasteiger partial charge is 0.327 e. The lowest BCUT2D eigenvalue weighted by Crippen LogP contribution is -2.44. The molecule has 1 aliphatic rings. The molecule has 0 bridgehead atoms. The first-order valence-electron chi connectivity index (χ1n) is 7.61. The molecular weight excluding hydrogens is 220 g/mol. The topological polar surface area (TPSA) is 29.3 Å². The van der Waals surface area contributed by atoms with E-state index in [1.165, 1.54) is 32.4 Å². The minimum atomic E-state index is 0.224. The summed E-state index contributed by atoms with van der Waals surface area (Å²) in [6.45, 7) is 17.5. The summed E-state index contributed by atoms with van der Waals surface area (Å²) in [5.41, 5.74) is 6.79. The first-order chi connectivity index (χ1) is 8.13. The van der Waals surface area contributed by atoms with Gasteiger partial charge in [0.2, 0.25) is 0 Å². The smallest absolute Gasteiger partial charge is 0.00739 e. The second-order valence-electron chi connectivity index (χ2n) is 8.05. The van der Waals surface area contributed by atoms with Gasteiger partial charge in [-0.3, -0.25) is 0 Å². The highest BCUT2D eigenvalue weighted by atomic mass is 15.1. The molecule has 0 aromatic carbocycles. The van der Waals surface area contributed by atoms with E-state index < -0.39 is 0 Å². The Hall–Kier alpha value is -0.0800. The van der Waals surface area contributed by atoms with Crippen LogP contribution in [-0.2, 0) is 0 Å². The molecule has 18 heavy (non-hydrogen) atoms. The Morgan fingerprint density at radius 2 is 1.72 bits per heavy atom. The summed E-state index contributed by atoms with van der Waals surface area (Å²) in [7, 11) is 0. The summed E-state index contributed by atoms with van der Waals surface area (Å²) in [6, 6.07) is 0.263. The van der Waals surface area contributed by atoms with Crippen LogP contribution in [0.25, 0.3) is 0 Å². The zero-order valence-electron chi connectivity index (χ0n) is 13.4. The van der Waals surface area contributed by atoms with E-state index >= 15 is 0 Å². The molecule has 0 aromatic rings. The zero-order chi connectivity index (χ0) is 14.0. The molecule has 0 aromatic heterocycles. The van der Waals surface area contributed by atoms with Gasteiger partial charge in [-0.05, 0) is 56.0 Å². The molecule has 2 unspecified atom stereocenters. The van der Waals surface area contributed by atoms with Crippen LogP contribution in [0.3, 0.4) is 0 Å². The van der Waals surface area contributed by atoms with Crippen LogP contribution in [0.15, 0.2) is 0 Å². The Balaban J connectivity index is 2.53. The van der Waals surface area contributed by atoms with Crippen molar-refractivity contribution in [2.45, 2.75) is 66.8 Å². The number of likely N-dealkylation sites (tertiary alicyclic amines) is 1. The lowest BCUT2D eigenvalue weighted by molar-refractivity contribution is 0.153. The number of hydrogen-bond acceptors (Lipinski definition) is 2. The maximum atomic E-state index is 6.10. The van der Waals surface area contributed by atoms with Crippen molar-refractivity contribution in [2.24, 2.45) is 22.5 Å². The minimum absolute atomic E-state index is 0.224. The van der Waals surface area contributed by atoms with Gasteiger partial charge in [0.25, 0.3) is 0 Å². The highest BCUT2D eigenvalue weighted by Gasteiger charge is 2.30. The van der Waals surface area contributed by atoms with E-state index in [9.17, 15) is 0 Å². The molecule has 2 N–H and O–H groups in total. The van der Waals surface area contributed by atoms with Gasteiger partial charge in [0.05, 0.1) is 0 Å². The molecule has 1 rings (SSSR count). The third kappa shape index (κ3) is 4.55. The van der Waals surface area contributed by atoms with Gasteiger partial charge in [0, 0.05) is 12.6 Å². The molecule has 2 nitrogen and oxygen atoms in total. The highest BCUT2D eigenvalue weighted by molar-refractivity contribution is 4.84. The third-order valence-electron chi connectivity index (χ3n) is 4.91. The number of nitrogens with zero attached hydrogens (tertiary/aromatic N) is 1. The lowest BCUT2D eigenvalue weighted by Gasteiger charge is -2.35. The SMILES string of the molecule is CC(N)C(C)(C)CN1CCCC(C(C)(C)C)CC1. The quantitative estimate of drug-likeness (QED) is 0.835. The molecule has 1 heterocycles. The van der Waals surface area contributed by atoms with Gasteiger partial charge in [-0.25, -0.2) is 0 Å². The molecular formula is C16H34N2. The van der Waals surface area contributed by atoms with Crippen LogP contribution in [0, 0.1) is 16.7 Å². The van der Waals surface area contributed by atoms with Crippen molar-refractivity contribution in [3.63, 3.8) is 0 Å². The summed E-state index contributed by atoms with van der Waals surface area (Å²) >= 11 is 0. The Morgan fingerprint density at radius 1 is 1.11 bits per heavy atom. The average molecular weight is 254 g/mol. The molecule has 0 radical (unpaired) electrons. The van der Waals surface area contributed by atoms with Gasteiger partial charge in [-0.15, -0.1) is 0 Å². The number of rotatable bonds is 3. The predicted molar refractivity (Wildman–Crippen MR) is 80.7 cm³/mol. The van der Waals surface area contributed by atoms with Gasteiger partial charge < -0.3 is 10.6 Å². The number of hydrogen-bond donors (Lipinski definition) is 1. The van der Waals surface area contributed by atoms with Gasteiger partial charge in [0.15, 0.2) is 0 Å².